The van der Waals surface area contributed by atoms with Crippen LogP contribution in [0.4, 0.5) is 18.9 Å². The van der Waals surface area contributed by atoms with Gasteiger partial charge in [0.15, 0.2) is 11.6 Å². The number of carbonyl (C=O) groups excluding carboxylic acids is 1. The summed E-state index contributed by atoms with van der Waals surface area (Å²) >= 11 is 0. The molecule has 1 unspecified atom stereocenters. The number of rotatable bonds is 4. The standard InChI is InChI=1S/C12H13F3N2O/c13-7-3-9(15)11(4-8(7)14)17-12(18)5-10(16)6-1-2-6/h3-4,6,10H,1-2,5,16H2,(H,17,18). The van der Waals surface area contributed by atoms with Crippen LogP contribution in [0.2, 0.25) is 0 Å². The van der Waals surface area contributed by atoms with Crippen molar-refractivity contribution in [2.45, 2.75) is 25.3 Å². The van der Waals surface area contributed by atoms with Gasteiger partial charge in [-0.05, 0) is 18.8 Å². The first-order valence-corrected chi connectivity index (χ1v) is 5.67. The monoisotopic (exact) mass is 258 g/mol. The summed E-state index contributed by atoms with van der Waals surface area (Å²) in [4.78, 5) is 11.5. The fourth-order valence-electron chi connectivity index (χ4n) is 1.72. The van der Waals surface area contributed by atoms with Crippen LogP contribution in [-0.2, 0) is 4.79 Å². The molecule has 0 aromatic heterocycles. The molecule has 0 radical (unpaired) electrons. The second-order valence-electron chi connectivity index (χ2n) is 4.50. The van der Waals surface area contributed by atoms with E-state index in [1.807, 2.05) is 0 Å². The molecule has 18 heavy (non-hydrogen) atoms. The second kappa shape index (κ2) is 4.97. The Balaban J connectivity index is 1.99. The van der Waals surface area contributed by atoms with E-state index < -0.39 is 23.4 Å². The van der Waals surface area contributed by atoms with Crippen molar-refractivity contribution in [3.63, 3.8) is 0 Å². The van der Waals surface area contributed by atoms with Crippen molar-refractivity contribution in [1.29, 1.82) is 0 Å². The molecule has 1 atom stereocenters. The first-order valence-electron chi connectivity index (χ1n) is 5.67. The predicted octanol–water partition coefficient (Wildman–Crippen LogP) is 2.17. The zero-order valence-electron chi connectivity index (χ0n) is 9.55. The Morgan fingerprint density at radius 3 is 2.50 bits per heavy atom. The summed E-state index contributed by atoms with van der Waals surface area (Å²) in [6, 6.07) is 0.745. The Bertz CT molecular complexity index is 475. The molecule has 1 aliphatic carbocycles. The van der Waals surface area contributed by atoms with Crippen molar-refractivity contribution in [2.75, 3.05) is 5.32 Å². The van der Waals surface area contributed by atoms with E-state index in [2.05, 4.69) is 5.32 Å². The van der Waals surface area contributed by atoms with E-state index in [1.54, 1.807) is 0 Å². The van der Waals surface area contributed by atoms with Crippen LogP contribution in [0, 0.1) is 23.4 Å². The number of hydrogen-bond acceptors (Lipinski definition) is 2. The lowest BCUT2D eigenvalue weighted by atomic mass is 10.1. The first-order chi connectivity index (χ1) is 8.47. The van der Waals surface area contributed by atoms with E-state index in [4.69, 9.17) is 5.73 Å². The summed E-state index contributed by atoms with van der Waals surface area (Å²) in [5.41, 5.74) is 5.36. The molecule has 1 saturated carbocycles. The number of amides is 1. The molecule has 1 aromatic rings. The largest absolute Gasteiger partial charge is 0.327 e. The van der Waals surface area contributed by atoms with Gasteiger partial charge in [0, 0.05) is 24.6 Å². The zero-order chi connectivity index (χ0) is 13.3. The minimum Gasteiger partial charge on any atom is -0.327 e. The van der Waals surface area contributed by atoms with Crippen molar-refractivity contribution in [3.8, 4) is 0 Å². The molecule has 6 heteroatoms. The van der Waals surface area contributed by atoms with Gasteiger partial charge in [0.25, 0.3) is 0 Å². The maximum absolute atomic E-state index is 13.2. The molecule has 0 spiro atoms. The summed E-state index contributed by atoms with van der Waals surface area (Å²) < 4.78 is 38.8. The van der Waals surface area contributed by atoms with Gasteiger partial charge < -0.3 is 11.1 Å². The topological polar surface area (TPSA) is 55.1 Å². The van der Waals surface area contributed by atoms with Gasteiger partial charge >= 0.3 is 0 Å². The third-order valence-corrected chi connectivity index (χ3v) is 2.93. The molecule has 0 bridgehead atoms. The number of hydrogen-bond donors (Lipinski definition) is 2. The maximum atomic E-state index is 13.2. The fourth-order valence-corrected chi connectivity index (χ4v) is 1.72. The lowest BCUT2D eigenvalue weighted by molar-refractivity contribution is -0.116. The first kappa shape index (κ1) is 12.9. The molecular weight excluding hydrogens is 245 g/mol. The Kier molecular flexibility index (Phi) is 3.56. The van der Waals surface area contributed by atoms with E-state index in [1.165, 1.54) is 0 Å². The molecular formula is C12H13F3N2O. The lowest BCUT2D eigenvalue weighted by Crippen LogP contribution is -2.29. The number of carbonyl (C=O) groups is 1. The Morgan fingerprint density at radius 2 is 1.89 bits per heavy atom. The van der Waals surface area contributed by atoms with Crippen molar-refractivity contribution >= 4 is 11.6 Å². The molecule has 1 aromatic carbocycles. The number of nitrogens with two attached hydrogens (primary N) is 1. The van der Waals surface area contributed by atoms with E-state index in [9.17, 15) is 18.0 Å². The van der Waals surface area contributed by atoms with Gasteiger partial charge in [-0.3, -0.25) is 4.79 Å². The average molecular weight is 258 g/mol. The Labute approximate surface area is 102 Å². The summed E-state index contributed by atoms with van der Waals surface area (Å²) in [5, 5.41) is 2.19. The normalized spacial score (nSPS) is 16.4. The van der Waals surface area contributed by atoms with Gasteiger partial charge in [-0.1, -0.05) is 0 Å². The summed E-state index contributed by atoms with van der Waals surface area (Å²) in [6.07, 6.45) is 2.03. The van der Waals surface area contributed by atoms with Crippen molar-refractivity contribution in [1.82, 2.24) is 0 Å². The highest BCUT2D eigenvalue weighted by Gasteiger charge is 2.30. The minimum atomic E-state index is -1.29. The number of anilines is 1. The molecule has 0 saturated heterocycles. The summed E-state index contributed by atoms with van der Waals surface area (Å²) in [6.45, 7) is 0. The number of halogens is 3. The SMILES string of the molecule is NC(CC(=O)Nc1cc(F)c(F)cc1F)C1CC1. The van der Waals surface area contributed by atoms with Crippen LogP contribution in [0.3, 0.4) is 0 Å². The molecule has 98 valence electrons. The molecule has 1 aliphatic rings. The summed E-state index contributed by atoms with van der Waals surface area (Å²) in [5.74, 6) is -3.68. The van der Waals surface area contributed by atoms with Gasteiger partial charge in [-0.15, -0.1) is 0 Å². The van der Waals surface area contributed by atoms with E-state index in [0.29, 0.717) is 18.1 Å². The van der Waals surface area contributed by atoms with Crippen LogP contribution in [-0.4, -0.2) is 11.9 Å². The van der Waals surface area contributed by atoms with Gasteiger partial charge in [-0.2, -0.15) is 0 Å². The molecule has 0 aliphatic heterocycles. The molecule has 0 heterocycles. The van der Waals surface area contributed by atoms with E-state index in [0.717, 1.165) is 12.8 Å². The molecule has 3 nitrogen and oxygen atoms in total. The lowest BCUT2D eigenvalue weighted by Gasteiger charge is -2.11. The molecule has 1 fully saturated rings. The van der Waals surface area contributed by atoms with Gasteiger partial charge in [0.05, 0.1) is 5.69 Å². The Morgan fingerprint density at radius 1 is 1.28 bits per heavy atom. The van der Waals surface area contributed by atoms with Gasteiger partial charge in [0.1, 0.15) is 5.82 Å². The van der Waals surface area contributed by atoms with Crippen LogP contribution in [0.5, 0.6) is 0 Å². The van der Waals surface area contributed by atoms with Gasteiger partial charge in [0.2, 0.25) is 5.91 Å². The highest BCUT2D eigenvalue weighted by atomic mass is 19.2. The van der Waals surface area contributed by atoms with Crippen LogP contribution >= 0.6 is 0 Å². The third kappa shape index (κ3) is 3.01. The van der Waals surface area contributed by atoms with Crippen molar-refractivity contribution in [2.24, 2.45) is 11.7 Å². The fraction of sp³-hybridized carbons (Fsp3) is 0.417. The highest BCUT2D eigenvalue weighted by molar-refractivity contribution is 5.91. The number of nitrogens with one attached hydrogen (secondary N) is 1. The smallest absolute Gasteiger partial charge is 0.226 e. The third-order valence-electron chi connectivity index (χ3n) is 2.93. The maximum Gasteiger partial charge on any atom is 0.226 e. The Hall–Kier alpha value is -1.56. The van der Waals surface area contributed by atoms with Crippen LogP contribution in [0.25, 0.3) is 0 Å². The number of benzene rings is 1. The highest BCUT2D eigenvalue weighted by Crippen LogP contribution is 2.32. The van der Waals surface area contributed by atoms with Crippen molar-refractivity contribution in [3.05, 3.63) is 29.6 Å². The quantitative estimate of drug-likeness (QED) is 0.813. The predicted molar refractivity (Wildman–Crippen MR) is 60.3 cm³/mol. The van der Waals surface area contributed by atoms with Gasteiger partial charge in [-0.25, -0.2) is 13.2 Å². The van der Waals surface area contributed by atoms with Crippen LogP contribution in [0.15, 0.2) is 12.1 Å². The summed E-state index contributed by atoms with van der Waals surface area (Å²) in [7, 11) is 0. The van der Waals surface area contributed by atoms with Crippen LogP contribution in [0.1, 0.15) is 19.3 Å². The van der Waals surface area contributed by atoms with E-state index >= 15 is 0 Å². The minimum absolute atomic E-state index is 0.0447. The van der Waals surface area contributed by atoms with Crippen molar-refractivity contribution < 1.29 is 18.0 Å². The average Bonchev–Trinajstić information content (AvgIpc) is 3.09. The van der Waals surface area contributed by atoms with E-state index in [-0.39, 0.29) is 18.2 Å². The molecule has 1 amide bonds. The molecule has 2 rings (SSSR count). The van der Waals surface area contributed by atoms with Crippen LogP contribution < -0.4 is 11.1 Å². The molecule has 3 N–H and O–H groups in total. The second-order valence-corrected chi connectivity index (χ2v) is 4.50. The zero-order valence-corrected chi connectivity index (χ0v) is 9.55.